The first-order valence-electron chi connectivity index (χ1n) is 6.42. The van der Waals surface area contributed by atoms with Gasteiger partial charge in [0.1, 0.15) is 17.6 Å². The van der Waals surface area contributed by atoms with Crippen molar-refractivity contribution in [3.63, 3.8) is 0 Å². The van der Waals surface area contributed by atoms with E-state index >= 15 is 0 Å². The lowest BCUT2D eigenvalue weighted by molar-refractivity contribution is -0.138. The molecule has 1 unspecified atom stereocenters. The van der Waals surface area contributed by atoms with Gasteiger partial charge in [-0.2, -0.15) is 13.2 Å². The Bertz CT molecular complexity index is 435. The smallest absolute Gasteiger partial charge is 0.389 e. The van der Waals surface area contributed by atoms with Gasteiger partial charge in [-0.05, 0) is 18.6 Å². The average Bonchev–Trinajstić information content (AvgIpc) is 2.44. The van der Waals surface area contributed by atoms with E-state index in [1.54, 1.807) is 18.2 Å². The third-order valence-electron chi connectivity index (χ3n) is 2.82. The molecule has 0 bridgehead atoms. The van der Waals surface area contributed by atoms with Gasteiger partial charge in [-0.3, -0.25) is 0 Å². The molecular formula is C14H19F3O4. The molecule has 7 heteroatoms. The lowest BCUT2D eigenvalue weighted by atomic mass is 10.1. The maximum Gasteiger partial charge on any atom is 0.389 e. The highest BCUT2D eigenvalue weighted by atomic mass is 19.4. The van der Waals surface area contributed by atoms with Crippen LogP contribution in [0.1, 0.15) is 24.5 Å². The second-order valence-electron chi connectivity index (χ2n) is 4.42. The van der Waals surface area contributed by atoms with E-state index in [1.165, 1.54) is 14.2 Å². The predicted molar refractivity (Wildman–Crippen MR) is 70.6 cm³/mol. The third-order valence-corrected chi connectivity index (χ3v) is 2.82. The van der Waals surface area contributed by atoms with Crippen molar-refractivity contribution in [2.75, 3.05) is 27.4 Å². The fourth-order valence-electron chi connectivity index (χ4n) is 1.75. The second-order valence-corrected chi connectivity index (χ2v) is 4.42. The summed E-state index contributed by atoms with van der Waals surface area (Å²) in [7, 11) is 2.96. The first kappa shape index (κ1) is 17.6. The molecule has 0 fully saturated rings. The van der Waals surface area contributed by atoms with Crippen molar-refractivity contribution in [2.24, 2.45) is 0 Å². The molecule has 0 aliphatic rings. The minimum atomic E-state index is -4.18. The highest BCUT2D eigenvalue weighted by Gasteiger charge is 2.26. The summed E-state index contributed by atoms with van der Waals surface area (Å²) in [6.07, 6.45) is -6.18. The number of rotatable bonds is 8. The third kappa shape index (κ3) is 6.22. The van der Waals surface area contributed by atoms with Crippen LogP contribution in [0.3, 0.4) is 0 Å². The van der Waals surface area contributed by atoms with E-state index < -0.39 is 18.7 Å². The maximum absolute atomic E-state index is 11.9. The Morgan fingerprint density at radius 1 is 1.19 bits per heavy atom. The van der Waals surface area contributed by atoms with E-state index in [9.17, 15) is 18.3 Å². The zero-order chi connectivity index (χ0) is 15.9. The number of alkyl halides is 3. The lowest BCUT2D eigenvalue weighted by Crippen LogP contribution is -2.12. The molecule has 0 saturated carbocycles. The van der Waals surface area contributed by atoms with Gasteiger partial charge in [-0.25, -0.2) is 0 Å². The van der Waals surface area contributed by atoms with Crippen molar-refractivity contribution in [3.05, 3.63) is 23.8 Å². The van der Waals surface area contributed by atoms with Crippen LogP contribution < -0.4 is 9.47 Å². The minimum Gasteiger partial charge on any atom is -0.497 e. The van der Waals surface area contributed by atoms with Crippen molar-refractivity contribution in [3.8, 4) is 11.5 Å². The van der Waals surface area contributed by atoms with Gasteiger partial charge in [0, 0.05) is 24.7 Å². The fraction of sp³-hybridized carbons (Fsp3) is 0.571. The zero-order valence-corrected chi connectivity index (χ0v) is 11.9. The summed E-state index contributed by atoms with van der Waals surface area (Å²) < 4.78 is 51.1. The average molecular weight is 308 g/mol. The molecule has 0 aliphatic carbocycles. The molecule has 0 radical (unpaired) electrons. The SMILES string of the molecule is COc1ccc(C(O)COCCCC(F)(F)F)c(OC)c1. The van der Waals surface area contributed by atoms with Gasteiger partial charge in [-0.15, -0.1) is 0 Å². The molecule has 0 aromatic heterocycles. The van der Waals surface area contributed by atoms with Gasteiger partial charge in [-0.1, -0.05) is 0 Å². The highest BCUT2D eigenvalue weighted by Crippen LogP contribution is 2.29. The van der Waals surface area contributed by atoms with E-state index in [0.29, 0.717) is 17.1 Å². The molecule has 4 nitrogen and oxygen atoms in total. The molecule has 0 spiro atoms. The molecule has 120 valence electrons. The molecule has 21 heavy (non-hydrogen) atoms. The Balaban J connectivity index is 2.46. The van der Waals surface area contributed by atoms with E-state index in [-0.39, 0.29) is 19.6 Å². The van der Waals surface area contributed by atoms with Gasteiger partial charge < -0.3 is 19.3 Å². The summed E-state index contributed by atoms with van der Waals surface area (Å²) in [5, 5.41) is 9.99. The Morgan fingerprint density at radius 3 is 2.48 bits per heavy atom. The first-order chi connectivity index (χ1) is 9.87. The molecule has 1 N–H and O–H groups in total. The fourth-order valence-corrected chi connectivity index (χ4v) is 1.75. The number of aliphatic hydroxyl groups is 1. The molecule has 1 aromatic rings. The van der Waals surface area contributed by atoms with E-state index in [2.05, 4.69) is 0 Å². The molecule has 0 aliphatic heterocycles. The standard InChI is InChI=1S/C14H19F3O4/c1-19-10-4-5-11(13(8-10)20-2)12(18)9-21-7-3-6-14(15,16)17/h4-5,8,12,18H,3,6-7,9H2,1-2H3. The van der Waals surface area contributed by atoms with Crippen LogP contribution in [0, 0.1) is 0 Å². The molecular weight excluding hydrogens is 289 g/mol. The molecule has 0 heterocycles. The monoisotopic (exact) mass is 308 g/mol. The molecule has 0 saturated heterocycles. The van der Waals surface area contributed by atoms with Crippen molar-refractivity contribution < 1.29 is 32.5 Å². The number of benzene rings is 1. The van der Waals surface area contributed by atoms with Crippen LogP contribution in [0.2, 0.25) is 0 Å². The summed E-state index contributed by atoms with van der Waals surface area (Å²) in [4.78, 5) is 0. The topological polar surface area (TPSA) is 47.9 Å². The minimum absolute atomic E-state index is 0.0605. The van der Waals surface area contributed by atoms with Crippen LogP contribution in [0.4, 0.5) is 13.2 Å². The Labute approximate surface area is 121 Å². The summed E-state index contributed by atoms with van der Waals surface area (Å²) in [5.41, 5.74) is 0.495. The quantitative estimate of drug-likeness (QED) is 0.750. The summed E-state index contributed by atoms with van der Waals surface area (Å²) in [6, 6.07) is 4.90. The Hall–Kier alpha value is -1.47. The summed E-state index contributed by atoms with van der Waals surface area (Å²) in [6.45, 7) is -0.157. The number of methoxy groups -OCH3 is 2. The number of aliphatic hydroxyl groups excluding tert-OH is 1. The van der Waals surface area contributed by atoms with Crippen molar-refractivity contribution >= 4 is 0 Å². The van der Waals surface area contributed by atoms with Crippen molar-refractivity contribution in [1.29, 1.82) is 0 Å². The van der Waals surface area contributed by atoms with Gasteiger partial charge in [0.25, 0.3) is 0 Å². The normalized spacial score (nSPS) is 13.0. The van der Waals surface area contributed by atoms with Gasteiger partial charge in [0.2, 0.25) is 0 Å². The van der Waals surface area contributed by atoms with E-state index in [0.717, 1.165) is 0 Å². The van der Waals surface area contributed by atoms with Crippen LogP contribution in [-0.4, -0.2) is 38.7 Å². The molecule has 1 rings (SSSR count). The second kappa shape index (κ2) is 8.09. The van der Waals surface area contributed by atoms with Crippen LogP contribution >= 0.6 is 0 Å². The maximum atomic E-state index is 11.9. The molecule has 1 aromatic carbocycles. The van der Waals surface area contributed by atoms with Crippen LogP contribution in [0.5, 0.6) is 11.5 Å². The summed E-state index contributed by atoms with van der Waals surface area (Å²) in [5.74, 6) is 1.01. The summed E-state index contributed by atoms with van der Waals surface area (Å²) >= 11 is 0. The number of halogens is 3. The molecule has 0 amide bonds. The van der Waals surface area contributed by atoms with Gasteiger partial charge >= 0.3 is 6.18 Å². The lowest BCUT2D eigenvalue weighted by Gasteiger charge is -2.16. The van der Waals surface area contributed by atoms with E-state index in [1.807, 2.05) is 0 Å². The van der Waals surface area contributed by atoms with Gasteiger partial charge in [0.05, 0.1) is 20.8 Å². The van der Waals surface area contributed by atoms with Crippen LogP contribution in [-0.2, 0) is 4.74 Å². The zero-order valence-electron chi connectivity index (χ0n) is 11.9. The number of ether oxygens (including phenoxy) is 3. The number of hydrogen-bond donors (Lipinski definition) is 1. The van der Waals surface area contributed by atoms with Gasteiger partial charge in [0.15, 0.2) is 0 Å². The van der Waals surface area contributed by atoms with Crippen molar-refractivity contribution in [2.45, 2.75) is 25.1 Å². The van der Waals surface area contributed by atoms with Crippen LogP contribution in [0.15, 0.2) is 18.2 Å². The first-order valence-corrected chi connectivity index (χ1v) is 6.42. The van der Waals surface area contributed by atoms with Crippen LogP contribution in [0.25, 0.3) is 0 Å². The predicted octanol–water partition coefficient (Wildman–Crippen LogP) is 3.10. The Morgan fingerprint density at radius 2 is 1.90 bits per heavy atom. The Kier molecular flexibility index (Phi) is 6.77. The van der Waals surface area contributed by atoms with Crippen molar-refractivity contribution in [1.82, 2.24) is 0 Å². The highest BCUT2D eigenvalue weighted by molar-refractivity contribution is 5.41. The van der Waals surface area contributed by atoms with E-state index in [4.69, 9.17) is 14.2 Å². The molecule has 1 atom stereocenters. The largest absolute Gasteiger partial charge is 0.497 e. The number of hydrogen-bond acceptors (Lipinski definition) is 4.